The summed E-state index contributed by atoms with van der Waals surface area (Å²) in [6.07, 6.45) is 0. The maximum absolute atomic E-state index is 5.49. The Morgan fingerprint density at radius 2 is 1.94 bits per heavy atom. The van der Waals surface area contributed by atoms with Crippen molar-refractivity contribution in [2.24, 2.45) is 10.7 Å². The summed E-state index contributed by atoms with van der Waals surface area (Å²) in [5.74, 6) is 0. The van der Waals surface area contributed by atoms with E-state index < -0.39 is 0 Å². The summed E-state index contributed by atoms with van der Waals surface area (Å²) in [7, 11) is 1.52. The third kappa shape index (κ3) is 2.14. The maximum Gasteiger partial charge on any atom is 0.281 e. The highest BCUT2D eigenvalue weighted by Crippen LogP contribution is 2.18. The molecule has 0 radical (unpaired) electrons. The fraction of sp³-hybridized carbons (Fsp3) is 0.154. The van der Waals surface area contributed by atoms with Gasteiger partial charge in [0.25, 0.3) is 6.02 Å². The second-order valence-electron chi connectivity index (χ2n) is 3.50. The van der Waals surface area contributed by atoms with Crippen molar-refractivity contribution in [2.45, 2.75) is 6.54 Å². The standard InChI is InChI=1S/C13H14N2O/c1-16-13(14)15-9-11-7-4-6-10-5-2-3-8-12(10)11/h2-8H,9H2,1H3,(H2,14,15). The molecule has 0 amide bonds. The Hall–Kier alpha value is -2.03. The second-order valence-corrected chi connectivity index (χ2v) is 3.50. The van der Waals surface area contributed by atoms with Crippen molar-refractivity contribution in [1.29, 1.82) is 0 Å². The lowest BCUT2D eigenvalue weighted by atomic mass is 10.1. The molecular weight excluding hydrogens is 200 g/mol. The van der Waals surface area contributed by atoms with Gasteiger partial charge in [0.1, 0.15) is 0 Å². The molecule has 0 aliphatic rings. The first-order valence-electron chi connectivity index (χ1n) is 5.12. The fourth-order valence-corrected chi connectivity index (χ4v) is 1.66. The second kappa shape index (κ2) is 4.66. The van der Waals surface area contributed by atoms with E-state index in [1.807, 2.05) is 18.2 Å². The van der Waals surface area contributed by atoms with Crippen molar-refractivity contribution < 1.29 is 4.74 Å². The van der Waals surface area contributed by atoms with E-state index in [1.54, 1.807) is 0 Å². The minimum absolute atomic E-state index is 0.216. The van der Waals surface area contributed by atoms with Gasteiger partial charge in [0.2, 0.25) is 0 Å². The number of ether oxygens (including phenoxy) is 1. The Kier molecular flexibility index (Phi) is 3.05. The van der Waals surface area contributed by atoms with Gasteiger partial charge in [0.15, 0.2) is 0 Å². The van der Waals surface area contributed by atoms with Crippen LogP contribution in [0, 0.1) is 0 Å². The Labute approximate surface area is 94.6 Å². The number of rotatable bonds is 2. The van der Waals surface area contributed by atoms with Gasteiger partial charge in [-0.25, -0.2) is 4.99 Å². The zero-order chi connectivity index (χ0) is 11.4. The van der Waals surface area contributed by atoms with E-state index in [1.165, 1.54) is 17.9 Å². The lowest BCUT2D eigenvalue weighted by Gasteiger charge is -2.04. The summed E-state index contributed by atoms with van der Waals surface area (Å²) >= 11 is 0. The zero-order valence-corrected chi connectivity index (χ0v) is 9.18. The van der Waals surface area contributed by atoms with Crippen LogP contribution in [0.2, 0.25) is 0 Å². The van der Waals surface area contributed by atoms with E-state index in [2.05, 4.69) is 29.3 Å². The van der Waals surface area contributed by atoms with E-state index in [-0.39, 0.29) is 6.02 Å². The van der Waals surface area contributed by atoms with Gasteiger partial charge >= 0.3 is 0 Å². The smallest absolute Gasteiger partial charge is 0.281 e. The molecule has 0 heterocycles. The molecule has 0 aliphatic heterocycles. The molecule has 0 saturated heterocycles. The van der Waals surface area contributed by atoms with Gasteiger partial charge in [0.05, 0.1) is 13.7 Å². The molecule has 0 spiro atoms. The molecule has 0 bridgehead atoms. The predicted molar refractivity (Wildman–Crippen MR) is 66.3 cm³/mol. The molecule has 2 aromatic carbocycles. The molecule has 0 fully saturated rings. The average molecular weight is 214 g/mol. The summed E-state index contributed by atoms with van der Waals surface area (Å²) in [4.78, 5) is 4.14. The number of nitrogens with two attached hydrogens (primary N) is 1. The van der Waals surface area contributed by atoms with Crippen molar-refractivity contribution >= 4 is 16.8 Å². The van der Waals surface area contributed by atoms with Gasteiger partial charge in [-0.15, -0.1) is 0 Å². The molecule has 0 aliphatic carbocycles. The minimum Gasteiger partial charge on any atom is -0.469 e. The first kappa shape index (κ1) is 10.5. The van der Waals surface area contributed by atoms with Crippen LogP contribution in [-0.2, 0) is 11.3 Å². The lowest BCUT2D eigenvalue weighted by molar-refractivity contribution is 0.394. The summed E-state index contributed by atoms with van der Waals surface area (Å²) in [6.45, 7) is 0.543. The largest absolute Gasteiger partial charge is 0.469 e. The third-order valence-corrected chi connectivity index (χ3v) is 2.49. The van der Waals surface area contributed by atoms with E-state index in [9.17, 15) is 0 Å². The predicted octanol–water partition coefficient (Wildman–Crippen LogP) is 2.30. The molecule has 2 aromatic rings. The molecule has 16 heavy (non-hydrogen) atoms. The van der Waals surface area contributed by atoms with E-state index in [0.29, 0.717) is 6.54 Å². The van der Waals surface area contributed by atoms with Crippen LogP contribution >= 0.6 is 0 Å². The highest BCUT2D eigenvalue weighted by Gasteiger charge is 1.99. The van der Waals surface area contributed by atoms with Crippen molar-refractivity contribution in [3.8, 4) is 0 Å². The number of nitrogens with zero attached hydrogens (tertiary/aromatic N) is 1. The van der Waals surface area contributed by atoms with E-state index in [4.69, 9.17) is 10.5 Å². The summed E-state index contributed by atoms with van der Waals surface area (Å²) in [6, 6.07) is 14.6. The quantitative estimate of drug-likeness (QED) is 0.616. The van der Waals surface area contributed by atoms with Crippen LogP contribution in [0.3, 0.4) is 0 Å². The molecule has 0 saturated carbocycles. The number of benzene rings is 2. The number of amidine groups is 1. The maximum atomic E-state index is 5.49. The first-order valence-corrected chi connectivity index (χ1v) is 5.12. The normalized spacial score (nSPS) is 11.7. The minimum atomic E-state index is 0.216. The van der Waals surface area contributed by atoms with Crippen LogP contribution in [0.4, 0.5) is 0 Å². The topological polar surface area (TPSA) is 47.6 Å². The van der Waals surface area contributed by atoms with E-state index >= 15 is 0 Å². The van der Waals surface area contributed by atoms with Gasteiger partial charge in [-0.2, -0.15) is 0 Å². The highest BCUT2D eigenvalue weighted by atomic mass is 16.5. The van der Waals surface area contributed by atoms with Gasteiger partial charge < -0.3 is 10.5 Å². The summed E-state index contributed by atoms with van der Waals surface area (Å²) < 4.78 is 4.81. The molecule has 0 unspecified atom stereocenters. The van der Waals surface area contributed by atoms with Crippen LogP contribution < -0.4 is 5.73 Å². The van der Waals surface area contributed by atoms with Gasteiger partial charge in [-0.1, -0.05) is 42.5 Å². The number of aliphatic imine (C=N–C) groups is 1. The first-order chi connectivity index (χ1) is 7.81. The van der Waals surface area contributed by atoms with Gasteiger partial charge in [-0.05, 0) is 16.3 Å². The lowest BCUT2D eigenvalue weighted by Crippen LogP contribution is -2.13. The number of hydrogen-bond donors (Lipinski definition) is 1. The monoisotopic (exact) mass is 214 g/mol. The van der Waals surface area contributed by atoms with Crippen LogP contribution in [0.15, 0.2) is 47.5 Å². The third-order valence-electron chi connectivity index (χ3n) is 2.49. The average Bonchev–Trinajstić information content (AvgIpc) is 2.35. The van der Waals surface area contributed by atoms with Crippen LogP contribution in [0.25, 0.3) is 10.8 Å². The fourth-order valence-electron chi connectivity index (χ4n) is 1.66. The van der Waals surface area contributed by atoms with Crippen molar-refractivity contribution in [3.05, 3.63) is 48.0 Å². The molecule has 82 valence electrons. The molecule has 2 rings (SSSR count). The number of fused-ring (bicyclic) bond motifs is 1. The molecule has 0 atom stereocenters. The molecule has 2 N–H and O–H groups in total. The Balaban J connectivity index is 2.37. The Bertz CT molecular complexity index is 515. The van der Waals surface area contributed by atoms with Crippen LogP contribution in [0.1, 0.15) is 5.56 Å². The SMILES string of the molecule is COC(N)=NCc1cccc2ccccc12. The van der Waals surface area contributed by atoms with Crippen LogP contribution in [0.5, 0.6) is 0 Å². The van der Waals surface area contributed by atoms with E-state index in [0.717, 1.165) is 5.56 Å². The van der Waals surface area contributed by atoms with Crippen molar-refractivity contribution in [1.82, 2.24) is 0 Å². The number of hydrogen-bond acceptors (Lipinski definition) is 2. The number of methoxy groups -OCH3 is 1. The zero-order valence-electron chi connectivity index (χ0n) is 9.18. The molecule has 3 nitrogen and oxygen atoms in total. The Morgan fingerprint density at radius 3 is 2.75 bits per heavy atom. The van der Waals surface area contributed by atoms with Crippen molar-refractivity contribution in [3.63, 3.8) is 0 Å². The van der Waals surface area contributed by atoms with Gasteiger partial charge in [-0.3, -0.25) is 0 Å². The van der Waals surface area contributed by atoms with Crippen LogP contribution in [-0.4, -0.2) is 13.1 Å². The van der Waals surface area contributed by atoms with Crippen molar-refractivity contribution in [2.75, 3.05) is 7.11 Å². The molecule has 0 aromatic heterocycles. The highest BCUT2D eigenvalue weighted by molar-refractivity contribution is 5.85. The summed E-state index contributed by atoms with van der Waals surface area (Å²) in [5, 5.41) is 2.42. The van der Waals surface area contributed by atoms with Gasteiger partial charge in [0, 0.05) is 0 Å². The summed E-state index contributed by atoms with van der Waals surface area (Å²) in [5.41, 5.74) is 6.64. The molecule has 3 heteroatoms. The molecular formula is C13H14N2O. The Morgan fingerprint density at radius 1 is 1.19 bits per heavy atom.